The van der Waals surface area contributed by atoms with Crippen LogP contribution in [0.25, 0.3) is 0 Å². The zero-order valence-corrected chi connectivity index (χ0v) is 15.0. The summed E-state index contributed by atoms with van der Waals surface area (Å²) in [7, 11) is 0. The quantitative estimate of drug-likeness (QED) is 0.874. The summed E-state index contributed by atoms with van der Waals surface area (Å²) in [6.45, 7) is 7.23. The molecule has 6 heteroatoms. The number of aromatic nitrogens is 3. The van der Waals surface area contributed by atoms with Crippen molar-refractivity contribution >= 4 is 5.97 Å². The molecular formula is C19H26N4O2. The Bertz CT molecular complexity index is 733. The van der Waals surface area contributed by atoms with E-state index in [-0.39, 0.29) is 0 Å². The molecule has 1 saturated heterocycles. The highest BCUT2D eigenvalue weighted by Gasteiger charge is 2.43. The average molecular weight is 342 g/mol. The van der Waals surface area contributed by atoms with Crippen LogP contribution in [0.1, 0.15) is 43.0 Å². The largest absolute Gasteiger partial charge is 0.481 e. The van der Waals surface area contributed by atoms with Crippen molar-refractivity contribution in [2.75, 3.05) is 13.1 Å². The van der Waals surface area contributed by atoms with E-state index >= 15 is 0 Å². The molecule has 134 valence electrons. The maximum atomic E-state index is 12.1. The van der Waals surface area contributed by atoms with Crippen molar-refractivity contribution in [1.82, 2.24) is 19.9 Å². The van der Waals surface area contributed by atoms with Gasteiger partial charge in [0.05, 0.1) is 11.1 Å². The van der Waals surface area contributed by atoms with Gasteiger partial charge in [-0.3, -0.25) is 14.4 Å². The van der Waals surface area contributed by atoms with Crippen molar-refractivity contribution in [3.8, 4) is 0 Å². The number of carboxylic acid groups (broad SMARTS) is 1. The van der Waals surface area contributed by atoms with Crippen LogP contribution in [-0.4, -0.2) is 44.1 Å². The van der Waals surface area contributed by atoms with E-state index in [1.807, 2.05) is 42.1 Å². The minimum absolute atomic E-state index is 0.620. The van der Waals surface area contributed by atoms with E-state index in [2.05, 4.69) is 22.1 Å². The van der Waals surface area contributed by atoms with E-state index in [4.69, 9.17) is 0 Å². The van der Waals surface area contributed by atoms with Crippen LogP contribution in [0.3, 0.4) is 0 Å². The summed E-state index contributed by atoms with van der Waals surface area (Å²) in [5, 5.41) is 18.3. The fourth-order valence-electron chi connectivity index (χ4n) is 3.64. The summed E-state index contributed by atoms with van der Waals surface area (Å²) in [6.07, 6.45) is 4.26. The molecule has 0 spiro atoms. The molecule has 1 fully saturated rings. The third-order valence-electron chi connectivity index (χ3n) is 5.11. The lowest BCUT2D eigenvalue weighted by Gasteiger charge is -2.39. The first-order valence-corrected chi connectivity index (χ1v) is 8.95. The van der Waals surface area contributed by atoms with Gasteiger partial charge in [-0.25, -0.2) is 0 Å². The number of aryl methyl sites for hydroxylation is 2. The molecule has 0 amide bonds. The Morgan fingerprint density at radius 2 is 2.08 bits per heavy atom. The number of carbonyl (C=O) groups is 1. The highest BCUT2D eigenvalue weighted by molar-refractivity contribution is 5.81. The Balaban J connectivity index is 1.68. The summed E-state index contributed by atoms with van der Waals surface area (Å²) in [6, 6.07) is 7.93. The minimum Gasteiger partial charge on any atom is -0.481 e. The van der Waals surface area contributed by atoms with Gasteiger partial charge in [-0.2, -0.15) is 0 Å². The second-order valence-corrected chi connectivity index (χ2v) is 7.01. The van der Waals surface area contributed by atoms with Crippen LogP contribution in [0.5, 0.6) is 0 Å². The van der Waals surface area contributed by atoms with Gasteiger partial charge in [0, 0.05) is 19.3 Å². The summed E-state index contributed by atoms with van der Waals surface area (Å²) in [5.41, 5.74) is 2.20. The Labute approximate surface area is 148 Å². The van der Waals surface area contributed by atoms with Crippen molar-refractivity contribution in [3.63, 3.8) is 0 Å². The summed E-state index contributed by atoms with van der Waals surface area (Å²) in [5.74, 6) is -0.716. The molecule has 1 N–H and O–H groups in total. The van der Waals surface area contributed by atoms with Gasteiger partial charge in [-0.15, -0.1) is 5.10 Å². The molecule has 0 radical (unpaired) electrons. The second-order valence-electron chi connectivity index (χ2n) is 7.01. The number of hydrogen-bond acceptors (Lipinski definition) is 4. The molecule has 0 aliphatic carbocycles. The molecule has 1 aliphatic heterocycles. The molecule has 6 nitrogen and oxygen atoms in total. The van der Waals surface area contributed by atoms with Crippen LogP contribution in [-0.2, 0) is 23.3 Å². The van der Waals surface area contributed by atoms with Gasteiger partial charge < -0.3 is 5.11 Å². The monoisotopic (exact) mass is 342 g/mol. The second kappa shape index (κ2) is 7.35. The maximum Gasteiger partial charge on any atom is 0.314 e. The van der Waals surface area contributed by atoms with Gasteiger partial charge in [-0.1, -0.05) is 42.0 Å². The number of benzene rings is 1. The van der Waals surface area contributed by atoms with Crippen LogP contribution in [0, 0.1) is 6.92 Å². The zero-order chi connectivity index (χ0) is 17.9. The number of carboxylic acids is 1. The lowest BCUT2D eigenvalue weighted by Crippen LogP contribution is -2.47. The number of likely N-dealkylation sites (tertiary alicyclic amines) is 1. The zero-order valence-electron chi connectivity index (χ0n) is 15.0. The lowest BCUT2D eigenvalue weighted by molar-refractivity contribution is -0.146. The first kappa shape index (κ1) is 17.6. The highest BCUT2D eigenvalue weighted by Crippen LogP contribution is 2.36. The van der Waals surface area contributed by atoms with Gasteiger partial charge in [0.2, 0.25) is 0 Å². The Morgan fingerprint density at radius 1 is 1.32 bits per heavy atom. The molecule has 1 aromatic carbocycles. The van der Waals surface area contributed by atoms with Crippen LogP contribution in [0.4, 0.5) is 0 Å². The van der Waals surface area contributed by atoms with Crippen LogP contribution >= 0.6 is 0 Å². The van der Waals surface area contributed by atoms with Crippen LogP contribution in [0.2, 0.25) is 0 Å². The molecule has 2 heterocycles. The minimum atomic E-state index is -0.775. The van der Waals surface area contributed by atoms with Gasteiger partial charge in [-0.05, 0) is 44.8 Å². The maximum absolute atomic E-state index is 12.1. The average Bonchev–Trinajstić information content (AvgIpc) is 3.03. The van der Waals surface area contributed by atoms with Crippen molar-refractivity contribution < 1.29 is 9.90 Å². The summed E-state index contributed by atoms with van der Waals surface area (Å²) >= 11 is 0. The SMILES string of the molecule is CCCn1cc(CN2CCC(C(=O)O)(c3cccc(C)c3)CC2)nn1. The summed E-state index contributed by atoms with van der Waals surface area (Å²) in [4.78, 5) is 14.4. The van der Waals surface area contributed by atoms with Gasteiger partial charge in [0.15, 0.2) is 0 Å². The molecular weight excluding hydrogens is 316 g/mol. The highest BCUT2D eigenvalue weighted by atomic mass is 16.4. The van der Waals surface area contributed by atoms with Gasteiger partial charge in [0.1, 0.15) is 0 Å². The standard InChI is InChI=1S/C19H26N4O2/c1-3-9-23-14-17(20-21-23)13-22-10-7-19(8-11-22,18(24)25)16-6-4-5-15(2)12-16/h4-6,12,14H,3,7-11,13H2,1-2H3,(H,24,25). The first-order chi connectivity index (χ1) is 12.0. The van der Waals surface area contributed by atoms with Crippen LogP contribution < -0.4 is 0 Å². The van der Waals surface area contributed by atoms with Crippen molar-refractivity contribution in [1.29, 1.82) is 0 Å². The molecule has 25 heavy (non-hydrogen) atoms. The Morgan fingerprint density at radius 3 is 2.72 bits per heavy atom. The van der Waals surface area contributed by atoms with Crippen molar-refractivity contribution in [2.24, 2.45) is 0 Å². The Kier molecular flexibility index (Phi) is 5.18. The fraction of sp³-hybridized carbons (Fsp3) is 0.526. The van der Waals surface area contributed by atoms with E-state index in [1.54, 1.807) is 0 Å². The summed E-state index contributed by atoms with van der Waals surface area (Å²) < 4.78 is 1.87. The first-order valence-electron chi connectivity index (χ1n) is 8.95. The predicted molar refractivity (Wildman–Crippen MR) is 95.3 cm³/mol. The molecule has 3 rings (SSSR count). The van der Waals surface area contributed by atoms with E-state index < -0.39 is 11.4 Å². The van der Waals surface area contributed by atoms with Gasteiger partial charge >= 0.3 is 5.97 Å². The van der Waals surface area contributed by atoms with Crippen molar-refractivity contribution in [3.05, 3.63) is 47.3 Å². The number of rotatable bonds is 6. The normalized spacial score (nSPS) is 17.5. The fourth-order valence-corrected chi connectivity index (χ4v) is 3.64. The van der Waals surface area contributed by atoms with E-state index in [1.165, 1.54) is 0 Å². The van der Waals surface area contributed by atoms with E-state index in [9.17, 15) is 9.90 Å². The molecule has 0 bridgehead atoms. The van der Waals surface area contributed by atoms with Crippen molar-refractivity contribution in [2.45, 2.75) is 51.6 Å². The van der Waals surface area contributed by atoms with Crippen LogP contribution in [0.15, 0.2) is 30.5 Å². The van der Waals surface area contributed by atoms with Gasteiger partial charge in [0.25, 0.3) is 0 Å². The smallest absolute Gasteiger partial charge is 0.314 e. The number of hydrogen-bond donors (Lipinski definition) is 1. The van der Waals surface area contributed by atoms with E-state index in [0.29, 0.717) is 12.8 Å². The number of aliphatic carboxylic acids is 1. The molecule has 0 unspecified atom stereocenters. The third kappa shape index (κ3) is 3.74. The molecule has 0 saturated carbocycles. The molecule has 1 aromatic heterocycles. The Hall–Kier alpha value is -2.21. The molecule has 2 aromatic rings. The number of nitrogens with zero attached hydrogens (tertiary/aromatic N) is 4. The topological polar surface area (TPSA) is 71.2 Å². The predicted octanol–water partition coefficient (Wildman–Crippen LogP) is 2.61. The number of piperidine rings is 1. The molecule has 1 aliphatic rings. The van der Waals surface area contributed by atoms with E-state index in [0.717, 1.165) is 49.4 Å². The lowest BCUT2D eigenvalue weighted by atomic mass is 9.72. The molecule has 0 atom stereocenters. The third-order valence-corrected chi connectivity index (χ3v) is 5.11.